The lowest BCUT2D eigenvalue weighted by Crippen LogP contribution is -2.13. The van der Waals surface area contributed by atoms with Crippen molar-refractivity contribution in [3.05, 3.63) is 35.4 Å². The molecule has 0 bridgehead atoms. The minimum Gasteiger partial charge on any atom is -0.380 e. The summed E-state index contributed by atoms with van der Waals surface area (Å²) in [5.41, 5.74) is 2.28. The normalized spacial score (nSPS) is 15.4. The van der Waals surface area contributed by atoms with Crippen molar-refractivity contribution in [1.29, 1.82) is 0 Å². The third-order valence-electron chi connectivity index (χ3n) is 3.08. The summed E-state index contributed by atoms with van der Waals surface area (Å²) < 4.78 is 21.6. The maximum Gasteiger partial charge on any atom is 0.358 e. The average Bonchev–Trinajstić information content (AvgIpc) is 2.38. The molecule has 4 nitrogen and oxygen atoms in total. The van der Waals surface area contributed by atoms with Crippen LogP contribution in [0.15, 0.2) is 24.3 Å². The van der Waals surface area contributed by atoms with E-state index in [1.807, 2.05) is 38.1 Å². The lowest BCUT2D eigenvalue weighted by molar-refractivity contribution is 0.163. The van der Waals surface area contributed by atoms with E-state index in [0.717, 1.165) is 5.56 Å². The maximum atomic E-state index is 12.0. The highest BCUT2D eigenvalue weighted by Crippen LogP contribution is 2.52. The van der Waals surface area contributed by atoms with Crippen LogP contribution in [0.3, 0.4) is 0 Å². The van der Waals surface area contributed by atoms with Gasteiger partial charge in [0.25, 0.3) is 0 Å². The van der Waals surface area contributed by atoms with E-state index < -0.39 is 13.4 Å². The van der Waals surface area contributed by atoms with E-state index in [9.17, 15) is 9.67 Å². The second-order valence-corrected chi connectivity index (χ2v) is 6.84. The molecule has 0 saturated carbocycles. The Morgan fingerprint density at radius 1 is 1.22 bits per heavy atom. The number of aryl methyl sites for hydroxylation is 1. The molecule has 2 atom stereocenters. The standard InChI is InChI=1S/C13H21O4P/c1-10-5-7-12(8-6-10)11(2)9-13(14)18(15,16-3)17-4/h5-8,11,13-14H,9H2,1-4H3/t11-,13?/m1/s1. The predicted molar refractivity (Wildman–Crippen MR) is 71.8 cm³/mol. The predicted octanol–water partition coefficient (Wildman–Crippen LogP) is 3.29. The minimum absolute atomic E-state index is 0.0826. The molecule has 0 aromatic heterocycles. The molecule has 1 N–H and O–H groups in total. The van der Waals surface area contributed by atoms with Crippen LogP contribution < -0.4 is 0 Å². The van der Waals surface area contributed by atoms with Gasteiger partial charge in [-0.25, -0.2) is 0 Å². The zero-order chi connectivity index (χ0) is 13.8. The van der Waals surface area contributed by atoms with Crippen LogP contribution >= 0.6 is 7.60 Å². The zero-order valence-corrected chi connectivity index (χ0v) is 12.2. The van der Waals surface area contributed by atoms with E-state index >= 15 is 0 Å². The lowest BCUT2D eigenvalue weighted by atomic mass is 9.97. The minimum atomic E-state index is -3.40. The molecular formula is C13H21O4P. The van der Waals surface area contributed by atoms with Crippen LogP contribution in [-0.2, 0) is 13.6 Å². The molecule has 0 amide bonds. The van der Waals surface area contributed by atoms with Gasteiger partial charge >= 0.3 is 7.60 Å². The Morgan fingerprint density at radius 3 is 2.17 bits per heavy atom. The molecule has 0 saturated heterocycles. The number of hydrogen-bond acceptors (Lipinski definition) is 4. The van der Waals surface area contributed by atoms with Gasteiger partial charge in [0.15, 0.2) is 5.85 Å². The maximum absolute atomic E-state index is 12.0. The van der Waals surface area contributed by atoms with Crippen molar-refractivity contribution in [2.75, 3.05) is 14.2 Å². The molecule has 0 aliphatic carbocycles. The Labute approximate surface area is 108 Å². The highest BCUT2D eigenvalue weighted by molar-refractivity contribution is 7.54. The molecule has 1 aromatic rings. The third-order valence-corrected chi connectivity index (χ3v) is 5.04. The van der Waals surface area contributed by atoms with Gasteiger partial charge in [-0.15, -0.1) is 0 Å². The number of benzene rings is 1. The largest absolute Gasteiger partial charge is 0.380 e. The summed E-state index contributed by atoms with van der Waals surface area (Å²) >= 11 is 0. The first-order valence-electron chi connectivity index (χ1n) is 5.88. The highest BCUT2D eigenvalue weighted by atomic mass is 31.2. The Balaban J connectivity index is 2.73. The van der Waals surface area contributed by atoms with Gasteiger partial charge in [0.05, 0.1) is 0 Å². The summed E-state index contributed by atoms with van der Waals surface area (Å²) in [6.07, 6.45) is 0.335. The Hall–Kier alpha value is -0.670. The van der Waals surface area contributed by atoms with Crippen molar-refractivity contribution in [1.82, 2.24) is 0 Å². The monoisotopic (exact) mass is 272 g/mol. The number of hydrogen-bond donors (Lipinski definition) is 1. The van der Waals surface area contributed by atoms with E-state index in [-0.39, 0.29) is 5.92 Å². The van der Waals surface area contributed by atoms with E-state index in [1.54, 1.807) is 0 Å². The molecule has 0 radical (unpaired) electrons. The van der Waals surface area contributed by atoms with Crippen molar-refractivity contribution in [3.63, 3.8) is 0 Å². The van der Waals surface area contributed by atoms with Crippen LogP contribution in [0.5, 0.6) is 0 Å². The average molecular weight is 272 g/mol. The van der Waals surface area contributed by atoms with Crippen LogP contribution in [0.25, 0.3) is 0 Å². The third kappa shape index (κ3) is 3.66. The van der Waals surface area contributed by atoms with Crippen LogP contribution in [0, 0.1) is 6.92 Å². The second-order valence-electron chi connectivity index (χ2n) is 4.43. The summed E-state index contributed by atoms with van der Waals surface area (Å²) in [7, 11) is -0.837. The molecule has 0 fully saturated rings. The topological polar surface area (TPSA) is 55.8 Å². The van der Waals surface area contributed by atoms with Crippen LogP contribution in [-0.4, -0.2) is 25.2 Å². The van der Waals surface area contributed by atoms with Crippen molar-refractivity contribution in [3.8, 4) is 0 Å². The van der Waals surface area contributed by atoms with Gasteiger partial charge in [-0.3, -0.25) is 4.57 Å². The van der Waals surface area contributed by atoms with Gasteiger partial charge in [-0.2, -0.15) is 0 Å². The van der Waals surface area contributed by atoms with Gasteiger partial charge in [-0.1, -0.05) is 36.8 Å². The zero-order valence-electron chi connectivity index (χ0n) is 11.3. The number of aliphatic hydroxyl groups excluding tert-OH is 1. The van der Waals surface area contributed by atoms with Gasteiger partial charge in [-0.05, 0) is 24.8 Å². The summed E-state index contributed by atoms with van der Waals surface area (Å²) in [4.78, 5) is 0. The fourth-order valence-corrected chi connectivity index (χ4v) is 3.00. The molecule has 5 heteroatoms. The molecule has 0 aliphatic rings. The van der Waals surface area contributed by atoms with Crippen molar-refractivity contribution < 1.29 is 18.7 Å². The smallest absolute Gasteiger partial charge is 0.358 e. The first kappa shape index (κ1) is 15.4. The Morgan fingerprint density at radius 2 is 1.72 bits per heavy atom. The summed E-state index contributed by atoms with van der Waals surface area (Å²) in [5.74, 6) is -1.02. The molecule has 18 heavy (non-hydrogen) atoms. The fourth-order valence-electron chi connectivity index (χ4n) is 1.79. The second kappa shape index (κ2) is 6.48. The molecule has 1 unspecified atom stereocenters. The molecule has 1 rings (SSSR count). The molecular weight excluding hydrogens is 251 g/mol. The van der Waals surface area contributed by atoms with Crippen LogP contribution in [0.2, 0.25) is 0 Å². The SMILES string of the molecule is COP(=O)(OC)C(O)C[C@@H](C)c1ccc(C)cc1. The van der Waals surface area contributed by atoms with E-state index in [1.165, 1.54) is 19.8 Å². The summed E-state index contributed by atoms with van der Waals surface area (Å²) in [6.45, 7) is 4.00. The van der Waals surface area contributed by atoms with Gasteiger partial charge in [0.1, 0.15) is 0 Å². The Kier molecular flexibility index (Phi) is 5.54. The van der Waals surface area contributed by atoms with Gasteiger partial charge in [0, 0.05) is 14.2 Å². The number of aliphatic hydroxyl groups is 1. The molecule has 102 valence electrons. The summed E-state index contributed by atoms with van der Waals surface area (Å²) in [6, 6.07) is 8.06. The van der Waals surface area contributed by atoms with Crippen LogP contribution in [0.4, 0.5) is 0 Å². The van der Waals surface area contributed by atoms with E-state index in [0.29, 0.717) is 6.42 Å². The van der Waals surface area contributed by atoms with Crippen molar-refractivity contribution >= 4 is 7.60 Å². The van der Waals surface area contributed by atoms with Crippen molar-refractivity contribution in [2.24, 2.45) is 0 Å². The van der Waals surface area contributed by atoms with Crippen LogP contribution in [0.1, 0.15) is 30.4 Å². The number of rotatable bonds is 6. The first-order chi connectivity index (χ1) is 8.42. The molecule has 0 aliphatic heterocycles. The van der Waals surface area contributed by atoms with Gasteiger partial charge < -0.3 is 14.2 Å². The molecule has 0 heterocycles. The highest BCUT2D eigenvalue weighted by Gasteiger charge is 2.33. The van der Waals surface area contributed by atoms with E-state index in [2.05, 4.69) is 0 Å². The Bertz CT molecular complexity index is 408. The van der Waals surface area contributed by atoms with E-state index in [4.69, 9.17) is 9.05 Å². The molecule has 0 spiro atoms. The fraction of sp³-hybridized carbons (Fsp3) is 0.538. The summed E-state index contributed by atoms with van der Waals surface area (Å²) in [5, 5.41) is 9.94. The quantitative estimate of drug-likeness (QED) is 0.807. The lowest BCUT2D eigenvalue weighted by Gasteiger charge is -2.22. The van der Waals surface area contributed by atoms with Crippen molar-refractivity contribution in [2.45, 2.75) is 32.0 Å². The first-order valence-corrected chi connectivity index (χ1v) is 7.50. The van der Waals surface area contributed by atoms with Gasteiger partial charge in [0.2, 0.25) is 0 Å². The molecule has 1 aromatic carbocycles.